The van der Waals surface area contributed by atoms with Crippen LogP contribution in [0.3, 0.4) is 0 Å². The Balaban J connectivity index is 2.06. The minimum atomic E-state index is -5.33. The summed E-state index contributed by atoms with van der Waals surface area (Å²) >= 11 is 0. The molecule has 31 heavy (non-hydrogen) atoms. The van der Waals surface area contributed by atoms with Crippen molar-refractivity contribution in [2.24, 2.45) is 5.92 Å². The van der Waals surface area contributed by atoms with Crippen molar-refractivity contribution in [3.63, 3.8) is 0 Å². The van der Waals surface area contributed by atoms with E-state index in [1.165, 1.54) is 25.1 Å². The molecule has 3 atom stereocenters. The van der Waals surface area contributed by atoms with E-state index in [-0.39, 0.29) is 22.8 Å². The number of hydrogen-bond donors (Lipinski definition) is 2. The molecule has 0 aromatic heterocycles. The number of rotatable bonds is 5. The smallest absolute Gasteiger partial charge is 0.437 e. The van der Waals surface area contributed by atoms with Crippen LogP contribution in [0.4, 0.5) is 18.0 Å². The Kier molecular flexibility index (Phi) is 6.12. The molecule has 0 spiro atoms. The number of halogens is 3. The van der Waals surface area contributed by atoms with Crippen molar-refractivity contribution < 1.29 is 37.3 Å². The third kappa shape index (κ3) is 4.15. The van der Waals surface area contributed by atoms with Crippen LogP contribution in [0.25, 0.3) is 0 Å². The number of benzene rings is 2. The maximum absolute atomic E-state index is 14.0. The van der Waals surface area contributed by atoms with Gasteiger partial charge in [0.2, 0.25) is 0 Å². The number of amides is 2. The van der Waals surface area contributed by atoms with Crippen molar-refractivity contribution in [3.8, 4) is 11.5 Å². The molecule has 0 saturated carbocycles. The molecule has 2 aromatic carbocycles. The van der Waals surface area contributed by atoms with Gasteiger partial charge in [0.25, 0.3) is 5.72 Å². The zero-order valence-electron chi connectivity index (χ0n) is 16.7. The lowest BCUT2D eigenvalue weighted by molar-refractivity contribution is -0.328. The van der Waals surface area contributed by atoms with E-state index >= 15 is 0 Å². The number of alkyl halides is 3. The van der Waals surface area contributed by atoms with Crippen molar-refractivity contribution >= 4 is 12.0 Å². The summed E-state index contributed by atoms with van der Waals surface area (Å²) in [4.78, 5) is 25.0. The first-order chi connectivity index (χ1) is 14.6. The minimum Gasteiger partial charge on any atom is -0.466 e. The molecule has 7 nitrogen and oxygen atoms in total. The molecule has 0 bridgehead atoms. The first-order valence-electron chi connectivity index (χ1n) is 9.42. The summed E-state index contributed by atoms with van der Waals surface area (Å²) in [5.74, 6) is -2.72. The number of nitrogens with zero attached hydrogens (tertiary/aromatic N) is 1. The molecular formula is C21H21F3N2O5. The SMILES string of the molecule is CCOC(=O)[C@H]1[C@H](c2cccc(Oc3ccccc3)c2)NC(=O)N(C)[C@@]1(O)C(F)(F)F. The molecule has 0 aliphatic carbocycles. The lowest BCUT2D eigenvalue weighted by Crippen LogP contribution is -2.73. The standard InChI is InChI=1S/C21H21F3N2O5/c1-3-30-18(27)16-17(25-19(28)26(2)20(16,29)21(22,23)24)13-8-7-11-15(12-13)31-14-9-5-4-6-10-14/h4-12,16-17,29H,3H2,1-2H3,(H,25,28)/t16-,17+,20+/m1/s1. The third-order valence-corrected chi connectivity index (χ3v) is 5.02. The van der Waals surface area contributed by atoms with E-state index in [1.54, 1.807) is 36.4 Å². The highest BCUT2D eigenvalue weighted by molar-refractivity contribution is 5.83. The molecule has 166 valence electrons. The highest BCUT2D eigenvalue weighted by atomic mass is 19.4. The summed E-state index contributed by atoms with van der Waals surface area (Å²) in [5.41, 5.74) is -3.64. The zero-order valence-corrected chi connectivity index (χ0v) is 16.7. The van der Waals surface area contributed by atoms with E-state index in [9.17, 15) is 27.9 Å². The second kappa shape index (κ2) is 8.46. The number of esters is 1. The third-order valence-electron chi connectivity index (χ3n) is 5.02. The second-order valence-corrected chi connectivity index (χ2v) is 6.93. The van der Waals surface area contributed by atoms with Gasteiger partial charge in [-0.2, -0.15) is 13.2 Å². The highest BCUT2D eigenvalue weighted by Gasteiger charge is 2.69. The quantitative estimate of drug-likeness (QED) is 0.697. The van der Waals surface area contributed by atoms with Crippen LogP contribution in [0.5, 0.6) is 11.5 Å². The zero-order chi connectivity index (χ0) is 22.8. The highest BCUT2D eigenvalue weighted by Crippen LogP contribution is 2.47. The summed E-state index contributed by atoms with van der Waals surface area (Å²) in [7, 11) is 0.764. The predicted molar refractivity (Wildman–Crippen MR) is 103 cm³/mol. The fourth-order valence-electron chi connectivity index (χ4n) is 3.48. The number of carbonyl (C=O) groups excluding carboxylic acids is 2. The maximum Gasteiger partial charge on any atom is 0.437 e. The van der Waals surface area contributed by atoms with Gasteiger partial charge in [-0.15, -0.1) is 0 Å². The summed E-state index contributed by atoms with van der Waals surface area (Å²) in [5, 5.41) is 13.0. The summed E-state index contributed by atoms with van der Waals surface area (Å²) in [6, 6.07) is 11.8. The first-order valence-corrected chi connectivity index (χ1v) is 9.42. The summed E-state index contributed by atoms with van der Waals surface area (Å²) in [6.07, 6.45) is -5.33. The lowest BCUT2D eigenvalue weighted by Gasteiger charge is -2.49. The number of nitrogens with one attached hydrogen (secondary N) is 1. The Hall–Kier alpha value is -3.27. The predicted octanol–water partition coefficient (Wildman–Crippen LogP) is 3.61. The van der Waals surface area contributed by atoms with Crippen molar-refractivity contribution in [1.82, 2.24) is 10.2 Å². The number of urea groups is 1. The van der Waals surface area contributed by atoms with Gasteiger partial charge >= 0.3 is 18.2 Å². The van der Waals surface area contributed by atoms with Gasteiger partial charge in [-0.05, 0) is 36.8 Å². The Bertz CT molecular complexity index is 954. The normalized spacial score (nSPS) is 23.8. The molecule has 2 amide bonds. The Morgan fingerprint density at radius 3 is 2.42 bits per heavy atom. The van der Waals surface area contributed by atoms with E-state index in [1.807, 2.05) is 0 Å². The van der Waals surface area contributed by atoms with Crippen LogP contribution in [-0.2, 0) is 9.53 Å². The summed E-state index contributed by atoms with van der Waals surface area (Å²) in [6.45, 7) is 1.23. The molecule has 1 saturated heterocycles. The largest absolute Gasteiger partial charge is 0.466 e. The monoisotopic (exact) mass is 438 g/mol. The lowest BCUT2D eigenvalue weighted by atomic mass is 9.81. The van der Waals surface area contributed by atoms with Gasteiger partial charge in [-0.3, -0.25) is 9.69 Å². The molecule has 0 radical (unpaired) electrons. The maximum atomic E-state index is 14.0. The van der Waals surface area contributed by atoms with Gasteiger partial charge in [0.15, 0.2) is 0 Å². The van der Waals surface area contributed by atoms with Crippen LogP contribution in [0.15, 0.2) is 54.6 Å². The van der Waals surface area contributed by atoms with Gasteiger partial charge < -0.3 is 19.9 Å². The first kappa shape index (κ1) is 22.4. The van der Waals surface area contributed by atoms with Crippen LogP contribution in [-0.4, -0.2) is 47.6 Å². The van der Waals surface area contributed by atoms with Gasteiger partial charge in [-0.25, -0.2) is 4.79 Å². The van der Waals surface area contributed by atoms with Crippen LogP contribution in [0.2, 0.25) is 0 Å². The van der Waals surface area contributed by atoms with Crippen LogP contribution < -0.4 is 10.1 Å². The van der Waals surface area contributed by atoms with Crippen LogP contribution >= 0.6 is 0 Å². The molecule has 2 N–H and O–H groups in total. The molecule has 1 aliphatic heterocycles. The molecular weight excluding hydrogens is 417 g/mol. The minimum absolute atomic E-state index is 0.0649. The van der Waals surface area contributed by atoms with Gasteiger partial charge in [0.1, 0.15) is 17.4 Å². The van der Waals surface area contributed by atoms with Crippen LogP contribution in [0, 0.1) is 5.92 Å². The van der Waals surface area contributed by atoms with Gasteiger partial charge in [0.05, 0.1) is 12.6 Å². The van der Waals surface area contributed by atoms with Crippen LogP contribution in [0.1, 0.15) is 18.5 Å². The Labute approximate surface area is 176 Å². The molecule has 1 aliphatic rings. The van der Waals surface area contributed by atoms with E-state index in [2.05, 4.69) is 5.32 Å². The second-order valence-electron chi connectivity index (χ2n) is 6.93. The van der Waals surface area contributed by atoms with E-state index in [4.69, 9.17) is 9.47 Å². The average Bonchev–Trinajstić information content (AvgIpc) is 2.72. The van der Waals surface area contributed by atoms with E-state index in [0.29, 0.717) is 5.75 Å². The van der Waals surface area contributed by atoms with E-state index in [0.717, 1.165) is 7.05 Å². The Morgan fingerprint density at radius 2 is 1.81 bits per heavy atom. The molecule has 2 aromatic rings. The fourth-order valence-corrected chi connectivity index (χ4v) is 3.48. The molecule has 1 heterocycles. The fraction of sp³-hybridized carbons (Fsp3) is 0.333. The molecule has 10 heteroatoms. The van der Waals surface area contributed by atoms with Gasteiger partial charge in [-0.1, -0.05) is 30.3 Å². The van der Waals surface area contributed by atoms with Crippen molar-refractivity contribution in [1.29, 1.82) is 0 Å². The van der Waals surface area contributed by atoms with Crippen molar-refractivity contribution in [3.05, 3.63) is 60.2 Å². The number of ether oxygens (including phenoxy) is 2. The number of para-hydroxylation sites is 1. The molecule has 3 rings (SSSR count). The van der Waals surface area contributed by atoms with Crippen molar-refractivity contribution in [2.75, 3.05) is 13.7 Å². The Morgan fingerprint density at radius 1 is 1.16 bits per heavy atom. The molecule has 0 unspecified atom stereocenters. The average molecular weight is 438 g/mol. The number of hydrogen-bond acceptors (Lipinski definition) is 5. The van der Waals surface area contributed by atoms with Crippen molar-refractivity contribution in [2.45, 2.75) is 24.9 Å². The topological polar surface area (TPSA) is 88.1 Å². The number of carbonyl (C=O) groups is 2. The molecule has 1 fully saturated rings. The number of aliphatic hydroxyl groups is 1. The van der Waals surface area contributed by atoms with Gasteiger partial charge in [0, 0.05) is 7.05 Å². The summed E-state index contributed by atoms with van der Waals surface area (Å²) < 4.78 is 52.4. The van der Waals surface area contributed by atoms with E-state index < -0.39 is 35.9 Å².